The minimum absolute atomic E-state index is 0.0332. The molecule has 1 heterocycles. The fraction of sp³-hybridized carbons (Fsp3) is 0.211. The van der Waals surface area contributed by atoms with Crippen LogP contribution in [0, 0.1) is 5.92 Å². The third kappa shape index (κ3) is 5.14. The van der Waals surface area contributed by atoms with Gasteiger partial charge in [0.25, 0.3) is 10.0 Å². The zero-order chi connectivity index (χ0) is 21.0. The highest BCUT2D eigenvalue weighted by Crippen LogP contribution is 2.31. The first-order valence-electron chi connectivity index (χ1n) is 8.71. The van der Waals surface area contributed by atoms with Crippen LogP contribution in [0.1, 0.15) is 13.8 Å². The highest BCUT2D eigenvalue weighted by molar-refractivity contribution is 7.98. The van der Waals surface area contributed by atoms with Gasteiger partial charge in [-0.25, -0.2) is 8.42 Å². The van der Waals surface area contributed by atoms with E-state index in [9.17, 15) is 13.2 Å². The molecular formula is C19H20N4O3S3. The standard InChI is InChI=1S/C19H20N4O3S3/c1-12(2)17(24)20-15-11-14(9-10-16(15)27-3)29(25,26)23-19-22-21-18(28-19)13-7-5-4-6-8-13/h4-12H,1-3H3,(H,20,24)(H,22,23). The maximum atomic E-state index is 12.8. The molecule has 10 heteroatoms. The molecule has 0 bridgehead atoms. The summed E-state index contributed by atoms with van der Waals surface area (Å²) in [5.74, 6) is -0.402. The largest absolute Gasteiger partial charge is 0.325 e. The van der Waals surface area contributed by atoms with Crippen molar-refractivity contribution >= 4 is 49.8 Å². The van der Waals surface area contributed by atoms with Crippen LogP contribution in [0.4, 0.5) is 10.8 Å². The SMILES string of the molecule is CSc1ccc(S(=O)(=O)Nc2nnc(-c3ccccc3)s2)cc1NC(=O)C(C)C. The summed E-state index contributed by atoms with van der Waals surface area (Å²) >= 11 is 2.57. The van der Waals surface area contributed by atoms with Gasteiger partial charge in [0.05, 0.1) is 10.6 Å². The quantitative estimate of drug-likeness (QED) is 0.522. The fourth-order valence-corrected chi connectivity index (χ4v) is 4.90. The van der Waals surface area contributed by atoms with Crippen LogP contribution in [0.15, 0.2) is 58.3 Å². The Balaban J connectivity index is 1.86. The van der Waals surface area contributed by atoms with Crippen molar-refractivity contribution in [3.05, 3.63) is 48.5 Å². The van der Waals surface area contributed by atoms with Gasteiger partial charge in [0.2, 0.25) is 11.0 Å². The molecule has 0 radical (unpaired) electrons. The van der Waals surface area contributed by atoms with E-state index in [0.29, 0.717) is 10.7 Å². The number of nitrogens with one attached hydrogen (secondary N) is 2. The first-order chi connectivity index (χ1) is 13.8. The number of nitrogens with zero attached hydrogens (tertiary/aromatic N) is 2. The van der Waals surface area contributed by atoms with E-state index >= 15 is 0 Å². The Morgan fingerprint density at radius 3 is 2.48 bits per heavy atom. The summed E-state index contributed by atoms with van der Waals surface area (Å²) < 4.78 is 28.1. The number of carbonyl (C=O) groups is 1. The average molecular weight is 449 g/mol. The molecule has 0 atom stereocenters. The van der Waals surface area contributed by atoms with E-state index in [1.54, 1.807) is 19.9 Å². The molecule has 0 aliphatic rings. The Bertz CT molecular complexity index is 1110. The number of aromatic nitrogens is 2. The number of amides is 1. The van der Waals surface area contributed by atoms with Crippen molar-refractivity contribution in [2.75, 3.05) is 16.3 Å². The van der Waals surface area contributed by atoms with Crippen LogP contribution in [0.25, 0.3) is 10.6 Å². The number of thioether (sulfide) groups is 1. The molecule has 1 amide bonds. The fourth-order valence-electron chi connectivity index (χ4n) is 2.36. The molecule has 0 fully saturated rings. The molecule has 2 aromatic carbocycles. The van der Waals surface area contributed by atoms with Gasteiger partial charge in [-0.3, -0.25) is 9.52 Å². The Morgan fingerprint density at radius 2 is 1.83 bits per heavy atom. The molecule has 0 unspecified atom stereocenters. The minimum Gasteiger partial charge on any atom is -0.325 e. The molecule has 0 spiro atoms. The minimum atomic E-state index is -3.89. The Kier molecular flexibility index (Phi) is 6.56. The van der Waals surface area contributed by atoms with E-state index in [0.717, 1.165) is 21.8 Å². The molecule has 0 aliphatic carbocycles. The highest BCUT2D eigenvalue weighted by atomic mass is 32.2. The second-order valence-corrected chi connectivity index (χ2v) is 9.90. The van der Waals surface area contributed by atoms with Crippen LogP contribution in [-0.2, 0) is 14.8 Å². The third-order valence-electron chi connectivity index (χ3n) is 3.93. The molecule has 0 saturated heterocycles. The number of hydrogen-bond donors (Lipinski definition) is 2. The topological polar surface area (TPSA) is 101 Å². The van der Waals surface area contributed by atoms with Crippen molar-refractivity contribution < 1.29 is 13.2 Å². The van der Waals surface area contributed by atoms with Crippen molar-refractivity contribution in [2.45, 2.75) is 23.6 Å². The molecule has 0 saturated carbocycles. The third-order valence-corrected chi connectivity index (χ3v) is 7.08. The van der Waals surface area contributed by atoms with Crippen LogP contribution in [0.5, 0.6) is 0 Å². The molecule has 3 rings (SSSR count). The number of rotatable bonds is 7. The van der Waals surface area contributed by atoms with Crippen molar-refractivity contribution in [2.24, 2.45) is 5.92 Å². The first-order valence-corrected chi connectivity index (χ1v) is 12.2. The first kappa shape index (κ1) is 21.3. The summed E-state index contributed by atoms with van der Waals surface area (Å²) in [5, 5.41) is 11.6. The normalized spacial score (nSPS) is 11.4. The summed E-state index contributed by atoms with van der Waals surface area (Å²) in [6.45, 7) is 3.55. The van der Waals surface area contributed by atoms with Crippen LogP contribution in [0.2, 0.25) is 0 Å². The van der Waals surface area contributed by atoms with Crippen LogP contribution in [0.3, 0.4) is 0 Å². The van der Waals surface area contributed by atoms with E-state index in [4.69, 9.17) is 0 Å². The number of benzene rings is 2. The van der Waals surface area contributed by atoms with Gasteiger partial charge in [0.1, 0.15) is 5.01 Å². The maximum absolute atomic E-state index is 12.8. The Hall–Kier alpha value is -2.43. The number of sulfonamides is 1. The average Bonchev–Trinajstić information content (AvgIpc) is 3.16. The summed E-state index contributed by atoms with van der Waals surface area (Å²) in [6, 6.07) is 14.0. The number of anilines is 2. The number of hydrogen-bond acceptors (Lipinski definition) is 7. The zero-order valence-corrected chi connectivity index (χ0v) is 18.5. The summed E-state index contributed by atoms with van der Waals surface area (Å²) in [4.78, 5) is 12.9. The molecule has 3 aromatic rings. The van der Waals surface area contributed by atoms with Crippen LogP contribution >= 0.6 is 23.1 Å². The molecule has 2 N–H and O–H groups in total. The lowest BCUT2D eigenvalue weighted by Gasteiger charge is -2.13. The lowest BCUT2D eigenvalue weighted by atomic mass is 10.2. The van der Waals surface area contributed by atoms with Crippen molar-refractivity contribution in [3.63, 3.8) is 0 Å². The predicted molar refractivity (Wildman–Crippen MR) is 118 cm³/mol. The zero-order valence-electron chi connectivity index (χ0n) is 16.0. The molecule has 1 aromatic heterocycles. The molecule has 29 heavy (non-hydrogen) atoms. The van der Waals surface area contributed by atoms with Crippen LogP contribution in [-0.4, -0.2) is 30.8 Å². The summed E-state index contributed by atoms with van der Waals surface area (Å²) in [7, 11) is -3.89. The molecule has 152 valence electrons. The van der Waals surface area contributed by atoms with E-state index in [1.807, 2.05) is 36.6 Å². The lowest BCUT2D eigenvalue weighted by molar-refractivity contribution is -0.118. The van der Waals surface area contributed by atoms with Gasteiger partial charge in [-0.2, -0.15) is 0 Å². The number of carbonyl (C=O) groups excluding carboxylic acids is 1. The second-order valence-electron chi connectivity index (χ2n) is 6.39. The molecule has 7 nitrogen and oxygen atoms in total. The van der Waals surface area contributed by atoms with Crippen molar-refractivity contribution in [1.29, 1.82) is 0 Å². The monoisotopic (exact) mass is 448 g/mol. The Labute approximate surface area is 178 Å². The second kappa shape index (κ2) is 8.93. The maximum Gasteiger partial charge on any atom is 0.263 e. The summed E-state index contributed by atoms with van der Waals surface area (Å²) in [5.41, 5.74) is 1.32. The van der Waals surface area contributed by atoms with Gasteiger partial charge in [-0.15, -0.1) is 22.0 Å². The lowest BCUT2D eigenvalue weighted by Crippen LogP contribution is -2.19. The Morgan fingerprint density at radius 1 is 1.10 bits per heavy atom. The summed E-state index contributed by atoms with van der Waals surface area (Å²) in [6.07, 6.45) is 1.86. The van der Waals surface area contributed by atoms with E-state index in [1.165, 1.54) is 23.9 Å². The van der Waals surface area contributed by atoms with Crippen LogP contribution < -0.4 is 10.0 Å². The van der Waals surface area contributed by atoms with Crippen molar-refractivity contribution in [3.8, 4) is 10.6 Å². The van der Waals surface area contributed by atoms with Gasteiger partial charge < -0.3 is 5.32 Å². The smallest absolute Gasteiger partial charge is 0.263 e. The van der Waals surface area contributed by atoms with Gasteiger partial charge in [0.15, 0.2) is 0 Å². The van der Waals surface area contributed by atoms with Gasteiger partial charge in [0, 0.05) is 16.4 Å². The van der Waals surface area contributed by atoms with Crippen molar-refractivity contribution in [1.82, 2.24) is 10.2 Å². The van der Waals surface area contributed by atoms with Gasteiger partial charge >= 0.3 is 0 Å². The van der Waals surface area contributed by atoms with E-state index in [-0.39, 0.29) is 21.9 Å². The van der Waals surface area contributed by atoms with E-state index in [2.05, 4.69) is 20.2 Å². The van der Waals surface area contributed by atoms with Gasteiger partial charge in [-0.1, -0.05) is 55.5 Å². The predicted octanol–water partition coefficient (Wildman–Crippen LogP) is 4.32. The molecular weight excluding hydrogens is 428 g/mol. The highest BCUT2D eigenvalue weighted by Gasteiger charge is 2.20. The van der Waals surface area contributed by atoms with E-state index < -0.39 is 10.0 Å². The molecule has 0 aliphatic heterocycles. The van der Waals surface area contributed by atoms with Gasteiger partial charge in [-0.05, 0) is 24.5 Å².